The second-order valence-electron chi connectivity index (χ2n) is 5.60. The minimum atomic E-state index is -0.703. The van der Waals surface area contributed by atoms with Crippen LogP contribution in [0.15, 0.2) is 52.8 Å². The van der Waals surface area contributed by atoms with Crippen LogP contribution >= 0.6 is 11.6 Å². The van der Waals surface area contributed by atoms with Crippen molar-refractivity contribution in [1.82, 2.24) is 0 Å². The van der Waals surface area contributed by atoms with Crippen LogP contribution in [0.2, 0.25) is 5.02 Å². The third-order valence-corrected chi connectivity index (χ3v) is 4.14. The number of nitrogens with zero attached hydrogens (tertiary/aromatic N) is 2. The Labute approximate surface area is 172 Å². The zero-order chi connectivity index (χ0) is 21.2. The largest absolute Gasteiger partial charge is 0.464 e. The van der Waals surface area contributed by atoms with Crippen molar-refractivity contribution in [2.24, 2.45) is 10.3 Å². The van der Waals surface area contributed by atoms with Gasteiger partial charge < -0.3 is 19.1 Å². The molecule has 0 heterocycles. The number of carbonyl (C=O) groups excluding carboxylic acids is 1. The fraction of sp³-hybridized carbons (Fsp3) is 0.250. The number of rotatable bonds is 9. The topological polar surface area (TPSA) is 78.7 Å². The number of hydrogen-bond donors (Lipinski definition) is 0. The smallest absolute Gasteiger partial charge is 0.360 e. The monoisotopic (exact) mass is 422 g/mol. The van der Waals surface area contributed by atoms with Gasteiger partial charge >= 0.3 is 5.97 Å². The Hall–Kier alpha value is -2.97. The van der Waals surface area contributed by atoms with E-state index in [1.54, 1.807) is 36.4 Å². The van der Waals surface area contributed by atoms with Crippen molar-refractivity contribution in [3.05, 3.63) is 70.0 Å². The van der Waals surface area contributed by atoms with Gasteiger partial charge in [-0.2, -0.15) is 0 Å². The third kappa shape index (κ3) is 5.75. The number of esters is 1. The van der Waals surface area contributed by atoms with Crippen molar-refractivity contribution in [3.8, 4) is 0 Å². The van der Waals surface area contributed by atoms with Crippen LogP contribution in [0.5, 0.6) is 0 Å². The number of methoxy groups -OCH3 is 2. The zero-order valence-corrected chi connectivity index (χ0v) is 16.9. The van der Waals surface area contributed by atoms with E-state index < -0.39 is 11.8 Å². The molecule has 0 saturated carbocycles. The molecule has 0 unspecified atom stereocenters. The van der Waals surface area contributed by atoms with E-state index in [1.807, 2.05) is 0 Å². The summed E-state index contributed by atoms with van der Waals surface area (Å²) in [4.78, 5) is 22.2. The van der Waals surface area contributed by atoms with Gasteiger partial charge in [0, 0.05) is 28.8 Å². The molecule has 0 bridgehead atoms. The van der Waals surface area contributed by atoms with Gasteiger partial charge in [-0.15, -0.1) is 0 Å². The average molecular weight is 423 g/mol. The van der Waals surface area contributed by atoms with E-state index >= 15 is 0 Å². The molecular formula is C20H20ClFN2O5. The molecule has 0 aliphatic carbocycles. The quantitative estimate of drug-likeness (QED) is 0.350. The van der Waals surface area contributed by atoms with Crippen LogP contribution in [0.3, 0.4) is 0 Å². The molecule has 0 aliphatic rings. The summed E-state index contributed by atoms with van der Waals surface area (Å²) in [5.41, 5.74) is 1.24. The van der Waals surface area contributed by atoms with Gasteiger partial charge in [-0.05, 0) is 18.2 Å². The number of benzene rings is 2. The maximum atomic E-state index is 14.1. The molecule has 154 valence electrons. The lowest BCUT2D eigenvalue weighted by atomic mass is 10.0. The number of carbonyl (C=O) groups is 1. The Kier molecular flexibility index (Phi) is 8.57. The number of hydrogen-bond acceptors (Lipinski definition) is 7. The summed E-state index contributed by atoms with van der Waals surface area (Å²) in [6.07, 6.45) is 0. The Morgan fingerprint density at radius 1 is 1.03 bits per heavy atom. The van der Waals surface area contributed by atoms with Crippen LogP contribution in [-0.4, -0.2) is 45.3 Å². The molecule has 7 nitrogen and oxygen atoms in total. The van der Waals surface area contributed by atoms with E-state index in [2.05, 4.69) is 10.3 Å². The molecular weight excluding hydrogens is 403 g/mol. The fourth-order valence-electron chi connectivity index (χ4n) is 2.47. The minimum Gasteiger partial charge on any atom is -0.464 e. The lowest BCUT2D eigenvalue weighted by Gasteiger charge is -2.12. The van der Waals surface area contributed by atoms with Crippen molar-refractivity contribution in [1.29, 1.82) is 0 Å². The van der Waals surface area contributed by atoms with Gasteiger partial charge in [0.15, 0.2) is 5.71 Å². The van der Waals surface area contributed by atoms with Crippen molar-refractivity contribution in [2.45, 2.75) is 6.61 Å². The summed E-state index contributed by atoms with van der Waals surface area (Å²) < 4.78 is 23.9. The summed E-state index contributed by atoms with van der Waals surface area (Å²) in [5, 5.41) is 8.04. The van der Waals surface area contributed by atoms with Gasteiger partial charge in [-0.3, -0.25) is 0 Å². The summed E-state index contributed by atoms with van der Waals surface area (Å²) in [6.45, 7) is -0.0781. The van der Waals surface area contributed by atoms with Crippen LogP contribution < -0.4 is 0 Å². The molecule has 0 aromatic heterocycles. The van der Waals surface area contributed by atoms with Crippen LogP contribution in [-0.2, 0) is 30.6 Å². The van der Waals surface area contributed by atoms with E-state index in [0.29, 0.717) is 16.1 Å². The minimum absolute atomic E-state index is 0.0366. The molecule has 2 aromatic rings. The highest BCUT2D eigenvalue weighted by molar-refractivity contribution is 6.44. The summed E-state index contributed by atoms with van der Waals surface area (Å²) in [7, 11) is 4.00. The first kappa shape index (κ1) is 22.3. The van der Waals surface area contributed by atoms with E-state index in [-0.39, 0.29) is 30.2 Å². The second kappa shape index (κ2) is 11.1. The first-order valence-corrected chi connectivity index (χ1v) is 8.81. The highest BCUT2D eigenvalue weighted by atomic mass is 35.5. The number of ether oxygens (including phenoxy) is 2. The Bertz CT molecular complexity index is 917. The molecule has 0 N–H and O–H groups in total. The molecule has 2 aromatic carbocycles. The summed E-state index contributed by atoms with van der Waals surface area (Å²) in [5.74, 6) is -1.16. The summed E-state index contributed by atoms with van der Waals surface area (Å²) in [6, 6.07) is 11.0. The molecule has 0 atom stereocenters. The van der Waals surface area contributed by atoms with Crippen molar-refractivity contribution >= 4 is 29.0 Å². The zero-order valence-electron chi connectivity index (χ0n) is 16.1. The van der Waals surface area contributed by atoms with Gasteiger partial charge in [0.2, 0.25) is 0 Å². The van der Waals surface area contributed by atoms with Crippen LogP contribution in [0.1, 0.15) is 16.7 Å². The van der Waals surface area contributed by atoms with Crippen LogP contribution in [0.4, 0.5) is 4.39 Å². The number of halogens is 2. The Morgan fingerprint density at radius 3 is 2.41 bits per heavy atom. The lowest BCUT2D eigenvalue weighted by molar-refractivity contribution is -0.132. The molecule has 0 amide bonds. The maximum absolute atomic E-state index is 14.1. The standard InChI is InChI=1S/C20H20ClFN2O5/c1-26-12-18(14-7-4-5-10-17(14)22)23-29-11-15-13(8-6-9-16(15)21)19(24-28-3)20(25)27-2/h4-10H,11-12H2,1-3H3/b23-18+,24-19+. The Morgan fingerprint density at radius 2 is 1.76 bits per heavy atom. The van der Waals surface area contributed by atoms with E-state index in [4.69, 9.17) is 30.7 Å². The predicted octanol–water partition coefficient (Wildman–Crippen LogP) is 3.57. The fourth-order valence-corrected chi connectivity index (χ4v) is 2.70. The van der Waals surface area contributed by atoms with Crippen molar-refractivity contribution in [3.63, 3.8) is 0 Å². The van der Waals surface area contributed by atoms with Gasteiger partial charge in [-0.25, -0.2) is 9.18 Å². The SMILES string of the molecule is COC/C(=N\OCc1c(Cl)cccc1/C(=N\OC)C(=O)OC)c1ccccc1F. The highest BCUT2D eigenvalue weighted by Crippen LogP contribution is 2.23. The lowest BCUT2D eigenvalue weighted by Crippen LogP contribution is -2.20. The molecule has 9 heteroatoms. The normalized spacial score (nSPS) is 11.9. The molecule has 0 spiro atoms. The molecule has 0 saturated heterocycles. The van der Waals surface area contributed by atoms with Gasteiger partial charge in [-0.1, -0.05) is 46.2 Å². The molecule has 0 radical (unpaired) electrons. The average Bonchev–Trinajstić information content (AvgIpc) is 2.72. The Balaban J connectivity index is 2.34. The highest BCUT2D eigenvalue weighted by Gasteiger charge is 2.21. The first-order chi connectivity index (χ1) is 14.0. The van der Waals surface area contributed by atoms with Crippen LogP contribution in [0.25, 0.3) is 0 Å². The van der Waals surface area contributed by atoms with Gasteiger partial charge in [0.05, 0.1) is 13.7 Å². The van der Waals surface area contributed by atoms with E-state index in [9.17, 15) is 9.18 Å². The maximum Gasteiger partial charge on any atom is 0.360 e. The summed E-state index contributed by atoms with van der Waals surface area (Å²) >= 11 is 6.28. The van der Waals surface area contributed by atoms with Crippen LogP contribution in [0, 0.1) is 5.82 Å². The second-order valence-corrected chi connectivity index (χ2v) is 6.01. The molecule has 0 aliphatic heterocycles. The van der Waals surface area contributed by atoms with Crippen molar-refractivity contribution in [2.75, 3.05) is 27.9 Å². The van der Waals surface area contributed by atoms with E-state index in [1.165, 1.54) is 27.4 Å². The number of oxime groups is 2. The molecule has 29 heavy (non-hydrogen) atoms. The van der Waals surface area contributed by atoms with Crippen molar-refractivity contribution < 1.29 is 28.3 Å². The van der Waals surface area contributed by atoms with E-state index in [0.717, 1.165) is 0 Å². The molecule has 2 rings (SSSR count). The first-order valence-electron chi connectivity index (χ1n) is 8.43. The predicted molar refractivity (Wildman–Crippen MR) is 107 cm³/mol. The third-order valence-electron chi connectivity index (χ3n) is 3.78. The van der Waals surface area contributed by atoms with Gasteiger partial charge in [0.25, 0.3) is 0 Å². The molecule has 0 fully saturated rings. The van der Waals surface area contributed by atoms with Gasteiger partial charge in [0.1, 0.15) is 25.2 Å².